The first-order valence-electron chi connectivity index (χ1n) is 15.5. The van der Waals surface area contributed by atoms with E-state index in [-0.39, 0.29) is 11.2 Å². The summed E-state index contributed by atoms with van der Waals surface area (Å²) in [6.07, 6.45) is -8.27. The number of nitrogens with zero attached hydrogens (tertiary/aromatic N) is 6. The first-order chi connectivity index (χ1) is 22.1. The molecule has 4 atom stereocenters. The molecule has 0 aromatic carbocycles. The van der Waals surface area contributed by atoms with Gasteiger partial charge in [-0.2, -0.15) is 14.9 Å². The predicted octanol–water partition coefficient (Wildman–Crippen LogP) is 4.18. The highest BCUT2D eigenvalue weighted by molar-refractivity contribution is 6.14. The van der Waals surface area contributed by atoms with Crippen molar-refractivity contribution in [3.8, 4) is 0 Å². The Morgan fingerprint density at radius 1 is 0.796 bits per heavy atom. The van der Waals surface area contributed by atoms with Crippen LogP contribution in [0.5, 0.6) is 0 Å². The molecule has 0 aliphatic carbocycles. The summed E-state index contributed by atoms with van der Waals surface area (Å²) in [5.41, 5.74) is -7.15. The third kappa shape index (κ3) is 9.31. The van der Waals surface area contributed by atoms with Gasteiger partial charge in [0.25, 0.3) is 0 Å². The predicted molar refractivity (Wildman–Crippen MR) is 173 cm³/mol. The highest BCUT2D eigenvalue weighted by Gasteiger charge is 2.53. The molecule has 0 saturated carbocycles. The summed E-state index contributed by atoms with van der Waals surface area (Å²) in [5.74, 6) is -1.35. The Hall–Kier alpha value is -4.13. The summed E-state index contributed by atoms with van der Waals surface area (Å²) in [4.78, 5) is 68.5. The fourth-order valence-corrected chi connectivity index (χ4v) is 4.42. The quantitative estimate of drug-likeness (QED) is 0.381. The van der Waals surface area contributed by atoms with E-state index in [0.29, 0.717) is 9.80 Å². The summed E-state index contributed by atoms with van der Waals surface area (Å²) in [6, 6.07) is 0. The van der Waals surface area contributed by atoms with Gasteiger partial charge in [0.15, 0.2) is 23.2 Å². The second-order valence-corrected chi connectivity index (χ2v) is 15.6. The van der Waals surface area contributed by atoms with Crippen LogP contribution in [0.3, 0.4) is 0 Å². The van der Waals surface area contributed by atoms with Crippen molar-refractivity contribution in [3.05, 3.63) is 6.33 Å². The number of aliphatic hydroxyl groups excluding tert-OH is 2. The Kier molecular flexibility index (Phi) is 10.7. The standard InChI is InChI=1S/C31H48N6O12/c1-27(2,3)46-23(40)36(24(41)47-28(4,5)6)20-17-19(35(15-32-17)21-31(13,44)18(39)16(14-38)45-21)33-22(34-20)37(25(42)48-29(7,8)9)26(43)49-30(10,11)12/h15-16,18,21,38-39,44H,14H2,1-13H3/t16-,18?,21-,31-/m1/s1. The molecule has 3 rings (SSSR count). The van der Waals surface area contributed by atoms with Crippen LogP contribution in [0.25, 0.3) is 11.2 Å². The number of imide groups is 2. The third-order valence-electron chi connectivity index (χ3n) is 6.29. The lowest BCUT2D eigenvalue weighted by Gasteiger charge is -2.30. The first-order valence-corrected chi connectivity index (χ1v) is 15.5. The molecule has 0 spiro atoms. The summed E-state index contributed by atoms with van der Waals surface area (Å²) in [5, 5.41) is 31.8. The maximum atomic E-state index is 13.7. The van der Waals surface area contributed by atoms with Crippen LogP contribution in [0.2, 0.25) is 0 Å². The Labute approximate surface area is 284 Å². The maximum absolute atomic E-state index is 13.7. The van der Waals surface area contributed by atoms with Gasteiger partial charge in [0.2, 0.25) is 5.95 Å². The number of anilines is 2. The second-order valence-electron chi connectivity index (χ2n) is 15.6. The molecule has 3 heterocycles. The number of aliphatic hydroxyl groups is 3. The van der Waals surface area contributed by atoms with Crippen molar-refractivity contribution in [1.82, 2.24) is 19.5 Å². The number of hydrogen-bond donors (Lipinski definition) is 3. The molecule has 49 heavy (non-hydrogen) atoms. The monoisotopic (exact) mass is 696 g/mol. The zero-order valence-electron chi connectivity index (χ0n) is 30.2. The molecule has 1 aliphatic heterocycles. The Bertz CT molecular complexity index is 1520. The van der Waals surface area contributed by atoms with Crippen LogP contribution in [-0.4, -0.2) is 106 Å². The van der Waals surface area contributed by atoms with Crippen molar-refractivity contribution in [1.29, 1.82) is 0 Å². The number of amides is 4. The van der Waals surface area contributed by atoms with Gasteiger partial charge in [-0.3, -0.25) is 4.57 Å². The highest BCUT2D eigenvalue weighted by Crippen LogP contribution is 2.41. The van der Waals surface area contributed by atoms with Gasteiger partial charge >= 0.3 is 24.4 Å². The van der Waals surface area contributed by atoms with E-state index in [1.54, 1.807) is 83.1 Å². The maximum Gasteiger partial charge on any atom is 0.427 e. The van der Waals surface area contributed by atoms with E-state index in [0.717, 1.165) is 10.9 Å². The Balaban J connectivity index is 2.46. The van der Waals surface area contributed by atoms with Crippen LogP contribution in [0.4, 0.5) is 30.9 Å². The van der Waals surface area contributed by atoms with E-state index < -0.39 is 89.2 Å². The molecule has 4 amide bonds. The number of fused-ring (bicyclic) bond motifs is 1. The van der Waals surface area contributed by atoms with Crippen LogP contribution in [0.1, 0.15) is 96.2 Å². The molecular formula is C31H48N6O12. The average Bonchev–Trinajstić information content (AvgIpc) is 3.37. The zero-order chi connectivity index (χ0) is 37.7. The molecule has 274 valence electrons. The van der Waals surface area contributed by atoms with Crippen LogP contribution in [0.15, 0.2) is 6.33 Å². The average molecular weight is 697 g/mol. The molecule has 1 unspecified atom stereocenters. The van der Waals surface area contributed by atoms with Gasteiger partial charge in [-0.15, -0.1) is 4.90 Å². The van der Waals surface area contributed by atoms with E-state index in [1.807, 2.05) is 0 Å². The van der Waals surface area contributed by atoms with Gasteiger partial charge in [0, 0.05) is 0 Å². The van der Waals surface area contributed by atoms with E-state index in [2.05, 4.69) is 15.0 Å². The molecule has 2 aromatic heterocycles. The number of imidazole rings is 1. The summed E-state index contributed by atoms with van der Waals surface area (Å²) < 4.78 is 28.9. The van der Waals surface area contributed by atoms with E-state index >= 15 is 0 Å². The van der Waals surface area contributed by atoms with Gasteiger partial charge in [-0.1, -0.05) is 0 Å². The van der Waals surface area contributed by atoms with Crippen LogP contribution in [0, 0.1) is 0 Å². The molecular weight excluding hydrogens is 648 g/mol. The Morgan fingerprint density at radius 3 is 1.57 bits per heavy atom. The summed E-state index contributed by atoms with van der Waals surface area (Å²) >= 11 is 0. The van der Waals surface area contributed by atoms with Crippen molar-refractivity contribution in [2.45, 2.75) is 136 Å². The first kappa shape index (κ1) is 39.3. The van der Waals surface area contributed by atoms with Gasteiger partial charge in [-0.25, -0.2) is 24.2 Å². The third-order valence-corrected chi connectivity index (χ3v) is 6.29. The molecule has 3 N–H and O–H groups in total. The zero-order valence-corrected chi connectivity index (χ0v) is 30.2. The fourth-order valence-electron chi connectivity index (χ4n) is 4.42. The van der Waals surface area contributed by atoms with Gasteiger partial charge in [0.05, 0.1) is 12.9 Å². The summed E-state index contributed by atoms with van der Waals surface area (Å²) in [7, 11) is 0. The number of carbonyl (C=O) groups is 4. The van der Waals surface area contributed by atoms with Crippen molar-refractivity contribution in [3.63, 3.8) is 0 Å². The largest absolute Gasteiger partial charge is 0.443 e. The summed E-state index contributed by atoms with van der Waals surface area (Å²) in [6.45, 7) is 19.3. The van der Waals surface area contributed by atoms with E-state index in [1.165, 1.54) is 6.92 Å². The molecule has 1 saturated heterocycles. The molecule has 0 bridgehead atoms. The normalized spacial score (nSPS) is 21.7. The molecule has 1 aliphatic rings. The second kappa shape index (κ2) is 13.3. The molecule has 18 heteroatoms. The van der Waals surface area contributed by atoms with Crippen LogP contribution >= 0.6 is 0 Å². The van der Waals surface area contributed by atoms with Gasteiger partial charge < -0.3 is 39.0 Å². The van der Waals surface area contributed by atoms with Crippen LogP contribution in [-0.2, 0) is 23.7 Å². The molecule has 18 nitrogen and oxygen atoms in total. The lowest BCUT2D eigenvalue weighted by Crippen LogP contribution is -2.46. The SMILES string of the molecule is CC(C)(C)OC(=O)N(C(=O)OC(C)(C)C)c1nc(N(C(=O)OC(C)(C)C)C(=O)OC(C)(C)C)c2ncn([C@@H]3O[C@H](CO)C(O)[C@@]3(C)O)c2n1. The lowest BCUT2D eigenvalue weighted by molar-refractivity contribution is -0.0950. The number of ether oxygens (including phenoxy) is 5. The fraction of sp³-hybridized carbons (Fsp3) is 0.710. The van der Waals surface area contributed by atoms with Crippen molar-refractivity contribution < 1.29 is 58.2 Å². The minimum absolute atomic E-state index is 0.282. The number of carbonyl (C=O) groups excluding carboxylic acids is 4. The van der Waals surface area contributed by atoms with Crippen molar-refractivity contribution in [2.24, 2.45) is 0 Å². The highest BCUT2D eigenvalue weighted by atomic mass is 16.6. The smallest absolute Gasteiger partial charge is 0.427 e. The number of rotatable bonds is 4. The van der Waals surface area contributed by atoms with Gasteiger partial charge in [-0.05, 0) is 90.0 Å². The minimum atomic E-state index is -2.06. The molecule has 0 radical (unpaired) electrons. The Morgan fingerprint density at radius 2 is 1.20 bits per heavy atom. The van der Waals surface area contributed by atoms with Crippen molar-refractivity contribution >= 4 is 47.3 Å². The van der Waals surface area contributed by atoms with Gasteiger partial charge in [0.1, 0.15) is 40.2 Å². The van der Waals surface area contributed by atoms with Crippen LogP contribution < -0.4 is 9.80 Å². The van der Waals surface area contributed by atoms with E-state index in [4.69, 9.17) is 23.7 Å². The lowest BCUT2D eigenvalue weighted by atomic mass is 9.96. The number of aromatic nitrogens is 4. The molecule has 2 aromatic rings. The minimum Gasteiger partial charge on any atom is -0.443 e. The number of hydrogen-bond acceptors (Lipinski definition) is 15. The van der Waals surface area contributed by atoms with Crippen molar-refractivity contribution in [2.75, 3.05) is 16.4 Å². The topological polar surface area (TPSA) is 225 Å². The van der Waals surface area contributed by atoms with E-state index in [9.17, 15) is 34.5 Å². The molecule has 1 fully saturated rings.